The molecular weight excluding hydrogens is 731 g/mol. The molecule has 9 nitrogen and oxygen atoms in total. The first-order valence-electron chi connectivity index (χ1n) is 18.0. The second kappa shape index (κ2) is 16.8. The van der Waals surface area contributed by atoms with Crippen molar-refractivity contribution in [2.45, 2.75) is 49.9 Å². The Morgan fingerprint density at radius 3 is 2.45 bits per heavy atom. The van der Waals surface area contributed by atoms with Crippen LogP contribution in [0.5, 0.6) is 17.2 Å². The van der Waals surface area contributed by atoms with Gasteiger partial charge in [0.1, 0.15) is 18.1 Å². The van der Waals surface area contributed by atoms with Crippen LogP contribution in [0, 0.1) is 12.8 Å². The van der Waals surface area contributed by atoms with Crippen molar-refractivity contribution in [2.24, 2.45) is 5.92 Å². The van der Waals surface area contributed by atoms with Gasteiger partial charge in [-0.3, -0.25) is 14.5 Å². The molecule has 1 saturated heterocycles. The highest BCUT2D eigenvalue weighted by molar-refractivity contribution is 8.00. The molecule has 11 heteroatoms. The first-order valence-corrected chi connectivity index (χ1v) is 19.8. The third-order valence-corrected chi connectivity index (χ3v) is 11.5. The molecule has 1 fully saturated rings. The summed E-state index contributed by atoms with van der Waals surface area (Å²) in [5.74, 6) is 0.691. The van der Waals surface area contributed by atoms with E-state index >= 15 is 0 Å². The number of aliphatic hydroxyl groups is 1. The Balaban J connectivity index is 1.21. The van der Waals surface area contributed by atoms with Gasteiger partial charge in [0, 0.05) is 11.3 Å². The molecule has 0 spiro atoms. The highest BCUT2D eigenvalue weighted by Crippen LogP contribution is 2.46. The van der Waals surface area contributed by atoms with Gasteiger partial charge in [-0.15, -0.1) is 10.2 Å². The van der Waals surface area contributed by atoms with E-state index in [0.717, 1.165) is 33.9 Å². The lowest BCUT2D eigenvalue weighted by atomic mass is 9.95. The van der Waals surface area contributed by atoms with E-state index in [1.54, 1.807) is 42.5 Å². The molecule has 1 atom stereocenters. The third-order valence-electron chi connectivity index (χ3n) is 9.35. The van der Waals surface area contributed by atoms with Gasteiger partial charge in [-0.1, -0.05) is 115 Å². The Labute approximate surface area is 328 Å². The molecule has 0 aliphatic carbocycles. The van der Waals surface area contributed by atoms with Crippen LogP contribution in [0.2, 0.25) is 0 Å². The first kappa shape index (κ1) is 37.7. The molecule has 5 aromatic carbocycles. The predicted molar refractivity (Wildman–Crippen MR) is 218 cm³/mol. The molecule has 280 valence electrons. The zero-order valence-corrected chi connectivity index (χ0v) is 32.7. The number of aromatic nitrogens is 2. The van der Waals surface area contributed by atoms with Crippen LogP contribution >= 0.6 is 23.1 Å². The maximum atomic E-state index is 14.0. The normalized spacial score (nSPS) is 15.2. The van der Waals surface area contributed by atoms with Crippen molar-refractivity contribution in [3.63, 3.8) is 0 Å². The molecule has 1 aliphatic heterocycles. The average molecular weight is 772 g/mol. The van der Waals surface area contributed by atoms with E-state index in [9.17, 15) is 14.7 Å². The number of rotatable bonds is 14. The fourth-order valence-corrected chi connectivity index (χ4v) is 8.34. The van der Waals surface area contributed by atoms with Gasteiger partial charge < -0.3 is 19.3 Å². The molecule has 1 N–H and O–H groups in total. The van der Waals surface area contributed by atoms with Crippen molar-refractivity contribution >= 4 is 56.5 Å². The number of ether oxygens (including phenoxy) is 3. The Hall–Kier alpha value is -5.65. The second-order valence-corrected chi connectivity index (χ2v) is 15.9. The molecular formula is C44H41N3O6S2. The molecule has 1 amide bonds. The minimum absolute atomic E-state index is 0.0749. The van der Waals surface area contributed by atoms with E-state index in [1.165, 1.54) is 35.1 Å². The summed E-state index contributed by atoms with van der Waals surface area (Å²) in [6.45, 7) is 7.15. The van der Waals surface area contributed by atoms with E-state index in [0.29, 0.717) is 57.6 Å². The number of amides is 1. The summed E-state index contributed by atoms with van der Waals surface area (Å²) in [5, 5.41) is 23.2. The Morgan fingerprint density at radius 1 is 0.891 bits per heavy atom. The van der Waals surface area contributed by atoms with Crippen molar-refractivity contribution in [2.75, 3.05) is 18.6 Å². The SMILES string of the molecule is COc1cc(C2/C(=C(\O)c3ccc(OCc4cccc(C)c4)cc3)C(=O)C(=O)N2c2nnc(SCc3cccc4ccccc34)s2)ccc1OCCC(C)C. The number of thioether (sulfide) groups is 1. The number of carbonyl (C=O) groups is 2. The number of aliphatic hydroxyl groups excluding tert-OH is 1. The molecule has 0 bridgehead atoms. The summed E-state index contributed by atoms with van der Waals surface area (Å²) in [5.41, 5.74) is 4.14. The number of Topliss-reactive ketones (excluding diaryl/α,β-unsaturated/α-hetero) is 1. The van der Waals surface area contributed by atoms with Gasteiger partial charge in [-0.25, -0.2) is 0 Å². The number of benzene rings is 5. The van der Waals surface area contributed by atoms with Gasteiger partial charge in [0.15, 0.2) is 15.8 Å². The van der Waals surface area contributed by atoms with Crippen LogP contribution in [0.25, 0.3) is 16.5 Å². The van der Waals surface area contributed by atoms with Crippen molar-refractivity contribution < 1.29 is 28.9 Å². The van der Waals surface area contributed by atoms with Gasteiger partial charge in [0.05, 0.1) is 25.3 Å². The maximum Gasteiger partial charge on any atom is 0.301 e. The number of hydrogen-bond donors (Lipinski definition) is 1. The van der Waals surface area contributed by atoms with Crippen LogP contribution in [-0.4, -0.2) is 40.7 Å². The topological polar surface area (TPSA) is 111 Å². The van der Waals surface area contributed by atoms with E-state index in [1.807, 2.05) is 43.3 Å². The third kappa shape index (κ3) is 8.38. The zero-order chi connectivity index (χ0) is 38.5. The standard InChI is InChI=1S/C44H41N3O6S2/c1-27(2)21-22-52-36-20-17-32(24-37(36)51-4)39-38(40(48)31-15-18-34(19-16-31)53-25-29-10-7-9-28(3)23-29)41(49)42(50)47(39)43-45-46-44(55-43)54-26-33-13-8-12-30-11-5-6-14-35(30)33/h5-20,23-24,27,39,48H,21-22,25-26H2,1-4H3/b40-38+. The van der Waals surface area contributed by atoms with Crippen LogP contribution in [0.4, 0.5) is 5.13 Å². The van der Waals surface area contributed by atoms with E-state index in [2.05, 4.69) is 54.4 Å². The summed E-state index contributed by atoms with van der Waals surface area (Å²) >= 11 is 2.72. The zero-order valence-electron chi connectivity index (χ0n) is 31.0. The highest BCUT2D eigenvalue weighted by Gasteiger charge is 2.48. The molecule has 55 heavy (non-hydrogen) atoms. The Bertz CT molecular complexity index is 2370. The minimum atomic E-state index is -1.03. The molecule has 7 rings (SSSR count). The van der Waals surface area contributed by atoms with E-state index in [4.69, 9.17) is 14.2 Å². The lowest BCUT2D eigenvalue weighted by Crippen LogP contribution is -2.29. The van der Waals surface area contributed by atoms with Crippen LogP contribution < -0.4 is 19.1 Å². The highest BCUT2D eigenvalue weighted by atomic mass is 32.2. The number of methoxy groups -OCH3 is 1. The van der Waals surface area contributed by atoms with E-state index in [-0.39, 0.29) is 16.5 Å². The van der Waals surface area contributed by atoms with Gasteiger partial charge in [0.2, 0.25) is 5.13 Å². The van der Waals surface area contributed by atoms with Crippen LogP contribution in [0.15, 0.2) is 119 Å². The van der Waals surface area contributed by atoms with Gasteiger partial charge in [-0.2, -0.15) is 0 Å². The van der Waals surface area contributed by atoms with Crippen molar-refractivity contribution in [3.05, 3.63) is 143 Å². The number of ketones is 1. The fraction of sp³-hybridized carbons (Fsp3) is 0.227. The van der Waals surface area contributed by atoms with Crippen LogP contribution in [0.1, 0.15) is 54.1 Å². The van der Waals surface area contributed by atoms with Crippen molar-refractivity contribution in [1.82, 2.24) is 10.2 Å². The largest absolute Gasteiger partial charge is 0.507 e. The molecule has 0 saturated carbocycles. The van der Waals surface area contributed by atoms with Crippen LogP contribution in [0.3, 0.4) is 0 Å². The lowest BCUT2D eigenvalue weighted by molar-refractivity contribution is -0.132. The summed E-state index contributed by atoms with van der Waals surface area (Å²) in [4.78, 5) is 29.3. The average Bonchev–Trinajstić information content (AvgIpc) is 3.77. The summed E-state index contributed by atoms with van der Waals surface area (Å²) in [6, 6.07) is 33.5. The number of aryl methyl sites for hydroxylation is 1. The lowest BCUT2D eigenvalue weighted by Gasteiger charge is -2.23. The summed E-state index contributed by atoms with van der Waals surface area (Å²) in [7, 11) is 1.54. The minimum Gasteiger partial charge on any atom is -0.507 e. The van der Waals surface area contributed by atoms with E-state index < -0.39 is 17.7 Å². The summed E-state index contributed by atoms with van der Waals surface area (Å²) < 4.78 is 18.4. The monoisotopic (exact) mass is 771 g/mol. The maximum absolute atomic E-state index is 14.0. The van der Waals surface area contributed by atoms with Crippen molar-refractivity contribution in [3.8, 4) is 17.2 Å². The van der Waals surface area contributed by atoms with Gasteiger partial charge in [-0.05, 0) is 83.1 Å². The fourth-order valence-electron chi connectivity index (χ4n) is 6.47. The number of anilines is 1. The predicted octanol–water partition coefficient (Wildman–Crippen LogP) is 9.93. The van der Waals surface area contributed by atoms with Gasteiger partial charge >= 0.3 is 5.91 Å². The summed E-state index contributed by atoms with van der Waals surface area (Å²) in [6.07, 6.45) is 0.860. The van der Waals surface area contributed by atoms with Gasteiger partial charge in [0.25, 0.3) is 5.78 Å². The second-order valence-electron chi connectivity index (χ2n) is 13.7. The number of carbonyl (C=O) groups excluding carboxylic acids is 2. The molecule has 0 radical (unpaired) electrons. The number of nitrogens with zero attached hydrogens (tertiary/aromatic N) is 3. The number of hydrogen-bond acceptors (Lipinski definition) is 10. The molecule has 2 heterocycles. The Morgan fingerprint density at radius 2 is 1.67 bits per heavy atom. The first-order chi connectivity index (χ1) is 26.7. The number of fused-ring (bicyclic) bond motifs is 1. The quantitative estimate of drug-likeness (QED) is 0.0380. The molecule has 1 aliphatic rings. The Kier molecular flexibility index (Phi) is 11.5. The smallest absolute Gasteiger partial charge is 0.301 e. The van der Waals surface area contributed by atoms with Crippen LogP contribution in [-0.2, 0) is 21.9 Å². The molecule has 6 aromatic rings. The van der Waals surface area contributed by atoms with Crippen molar-refractivity contribution in [1.29, 1.82) is 0 Å². The molecule has 1 unspecified atom stereocenters. The molecule has 1 aromatic heterocycles.